The predicted molar refractivity (Wildman–Crippen MR) is 175 cm³/mol. The highest BCUT2D eigenvalue weighted by Crippen LogP contribution is 2.10. The van der Waals surface area contributed by atoms with Gasteiger partial charge in [-0.1, -0.05) is 133 Å². The van der Waals surface area contributed by atoms with Gasteiger partial charge in [0, 0.05) is 6.42 Å². The fourth-order valence-electron chi connectivity index (χ4n) is 4.60. The summed E-state index contributed by atoms with van der Waals surface area (Å²) in [5, 5.41) is 22.7. The Kier molecular flexibility index (Phi) is 30.6. The molecule has 0 saturated carbocycles. The van der Waals surface area contributed by atoms with E-state index in [4.69, 9.17) is 0 Å². The van der Waals surface area contributed by atoms with Crippen LogP contribution in [-0.2, 0) is 4.79 Å². The molecular formula is C36H65NO3. The topological polar surface area (TPSA) is 69.6 Å². The number of hydrogen-bond acceptors (Lipinski definition) is 3. The molecule has 0 aliphatic heterocycles. The van der Waals surface area contributed by atoms with Crippen molar-refractivity contribution >= 4 is 5.91 Å². The van der Waals surface area contributed by atoms with Crippen LogP contribution in [0.3, 0.4) is 0 Å². The zero-order chi connectivity index (χ0) is 29.4. The Hall–Kier alpha value is -1.65. The van der Waals surface area contributed by atoms with E-state index in [1.54, 1.807) is 6.08 Å². The highest BCUT2D eigenvalue weighted by atomic mass is 16.3. The molecule has 0 heterocycles. The Morgan fingerprint density at radius 1 is 0.575 bits per heavy atom. The Morgan fingerprint density at radius 2 is 1.00 bits per heavy atom. The fourth-order valence-corrected chi connectivity index (χ4v) is 4.60. The van der Waals surface area contributed by atoms with Crippen LogP contribution >= 0.6 is 0 Å². The molecule has 2 unspecified atom stereocenters. The third-order valence-corrected chi connectivity index (χ3v) is 7.26. The Bertz CT molecular complexity index is 652. The van der Waals surface area contributed by atoms with E-state index in [1.165, 1.54) is 83.5 Å². The number of aliphatic hydroxyl groups excluding tert-OH is 2. The lowest BCUT2D eigenvalue weighted by Gasteiger charge is -2.19. The highest BCUT2D eigenvalue weighted by Gasteiger charge is 2.17. The molecule has 0 radical (unpaired) electrons. The first kappa shape index (κ1) is 38.4. The van der Waals surface area contributed by atoms with Crippen molar-refractivity contribution in [2.45, 2.75) is 167 Å². The molecule has 0 aromatic heterocycles. The quantitative estimate of drug-likeness (QED) is 0.0631. The minimum atomic E-state index is -0.872. The second-order valence-corrected chi connectivity index (χ2v) is 11.2. The first-order valence-corrected chi connectivity index (χ1v) is 16.9. The van der Waals surface area contributed by atoms with E-state index in [-0.39, 0.29) is 12.5 Å². The van der Waals surface area contributed by atoms with Crippen molar-refractivity contribution in [1.29, 1.82) is 0 Å². The van der Waals surface area contributed by atoms with Gasteiger partial charge in [-0.25, -0.2) is 0 Å². The van der Waals surface area contributed by atoms with E-state index in [0.29, 0.717) is 6.42 Å². The highest BCUT2D eigenvalue weighted by molar-refractivity contribution is 5.76. The maximum atomic E-state index is 12.2. The summed E-state index contributed by atoms with van der Waals surface area (Å²) in [5.74, 6) is -0.0965. The van der Waals surface area contributed by atoms with E-state index in [0.717, 1.165) is 51.4 Å². The largest absolute Gasteiger partial charge is 0.394 e. The van der Waals surface area contributed by atoms with Crippen LogP contribution in [0.1, 0.15) is 155 Å². The maximum absolute atomic E-state index is 12.2. The lowest BCUT2D eigenvalue weighted by molar-refractivity contribution is -0.123. The monoisotopic (exact) mass is 559 g/mol. The summed E-state index contributed by atoms with van der Waals surface area (Å²) in [7, 11) is 0. The van der Waals surface area contributed by atoms with Crippen LogP contribution in [0.2, 0.25) is 0 Å². The van der Waals surface area contributed by atoms with Crippen molar-refractivity contribution in [2.75, 3.05) is 6.61 Å². The molecule has 0 aliphatic rings. The number of amides is 1. The van der Waals surface area contributed by atoms with Crippen LogP contribution in [0.25, 0.3) is 0 Å². The number of unbranched alkanes of at least 4 members (excludes halogenated alkanes) is 16. The van der Waals surface area contributed by atoms with Gasteiger partial charge < -0.3 is 15.5 Å². The molecule has 2 atom stereocenters. The Balaban J connectivity index is 3.76. The summed E-state index contributed by atoms with van der Waals surface area (Å²) >= 11 is 0. The standard InChI is InChI=1S/C36H65NO3/c1-3-5-7-9-11-13-15-16-17-18-19-20-21-22-23-25-27-29-31-35(39)34(33-38)37-36(40)32-30-28-26-24-14-12-10-8-6-4-2/h10,12,18-19,22-23,29,31,34-35,38-39H,3-9,11,13-17,20-21,24-28,30,32-33H2,1-2H3,(H,37,40)/b12-10-,19-18+,23-22+,31-29+. The summed E-state index contributed by atoms with van der Waals surface area (Å²) in [6, 6.07) is -0.648. The van der Waals surface area contributed by atoms with Gasteiger partial charge in [0.1, 0.15) is 0 Å². The van der Waals surface area contributed by atoms with E-state index in [1.807, 2.05) is 6.08 Å². The molecule has 0 bridgehead atoms. The van der Waals surface area contributed by atoms with E-state index in [2.05, 4.69) is 55.6 Å². The third-order valence-electron chi connectivity index (χ3n) is 7.26. The van der Waals surface area contributed by atoms with Crippen LogP contribution in [0.15, 0.2) is 48.6 Å². The van der Waals surface area contributed by atoms with Gasteiger partial charge in [0.25, 0.3) is 0 Å². The van der Waals surface area contributed by atoms with Gasteiger partial charge >= 0.3 is 0 Å². The molecule has 0 spiro atoms. The summed E-state index contributed by atoms with van der Waals surface area (Å²) in [6.45, 7) is 4.21. The smallest absolute Gasteiger partial charge is 0.220 e. The number of allylic oxidation sites excluding steroid dienone is 7. The number of hydrogen-bond donors (Lipinski definition) is 3. The molecule has 0 saturated heterocycles. The van der Waals surface area contributed by atoms with E-state index in [9.17, 15) is 15.0 Å². The van der Waals surface area contributed by atoms with Gasteiger partial charge in [0.15, 0.2) is 0 Å². The first-order valence-electron chi connectivity index (χ1n) is 16.9. The number of rotatable bonds is 29. The van der Waals surface area contributed by atoms with Gasteiger partial charge in [-0.2, -0.15) is 0 Å². The van der Waals surface area contributed by atoms with Gasteiger partial charge in [-0.15, -0.1) is 0 Å². The molecule has 1 amide bonds. The minimum absolute atomic E-state index is 0.0965. The average Bonchev–Trinajstić information content (AvgIpc) is 2.96. The third kappa shape index (κ3) is 27.9. The Labute approximate surface area is 248 Å². The fraction of sp³-hybridized carbons (Fsp3) is 0.750. The summed E-state index contributed by atoms with van der Waals surface area (Å²) in [4.78, 5) is 12.2. The van der Waals surface area contributed by atoms with E-state index < -0.39 is 12.1 Å². The van der Waals surface area contributed by atoms with Crippen LogP contribution in [-0.4, -0.2) is 34.9 Å². The molecule has 232 valence electrons. The van der Waals surface area contributed by atoms with Crippen molar-refractivity contribution in [3.63, 3.8) is 0 Å². The predicted octanol–water partition coefficient (Wildman–Crippen LogP) is 9.67. The van der Waals surface area contributed by atoms with Crippen molar-refractivity contribution < 1.29 is 15.0 Å². The van der Waals surface area contributed by atoms with Crippen LogP contribution in [0.4, 0.5) is 0 Å². The molecule has 0 fully saturated rings. The Morgan fingerprint density at radius 3 is 1.52 bits per heavy atom. The molecule has 3 N–H and O–H groups in total. The van der Waals surface area contributed by atoms with Crippen LogP contribution in [0.5, 0.6) is 0 Å². The van der Waals surface area contributed by atoms with Crippen molar-refractivity contribution in [2.24, 2.45) is 0 Å². The molecule has 4 heteroatoms. The van der Waals surface area contributed by atoms with Crippen molar-refractivity contribution in [3.8, 4) is 0 Å². The molecule has 0 aromatic carbocycles. The van der Waals surface area contributed by atoms with Crippen LogP contribution in [0, 0.1) is 0 Å². The van der Waals surface area contributed by atoms with Crippen molar-refractivity contribution in [1.82, 2.24) is 5.32 Å². The summed E-state index contributed by atoms with van der Waals surface area (Å²) in [5.41, 5.74) is 0. The molecule has 4 nitrogen and oxygen atoms in total. The van der Waals surface area contributed by atoms with E-state index >= 15 is 0 Å². The number of carbonyl (C=O) groups is 1. The summed E-state index contributed by atoms with van der Waals surface area (Å²) in [6.07, 6.45) is 41.9. The zero-order valence-corrected chi connectivity index (χ0v) is 26.3. The van der Waals surface area contributed by atoms with Gasteiger partial charge in [0.05, 0.1) is 18.8 Å². The second-order valence-electron chi connectivity index (χ2n) is 11.2. The number of nitrogens with one attached hydrogen (secondary N) is 1. The molecule has 0 rings (SSSR count). The molecular weight excluding hydrogens is 494 g/mol. The van der Waals surface area contributed by atoms with Gasteiger partial charge in [-0.05, 0) is 64.2 Å². The number of carbonyl (C=O) groups excluding carboxylic acids is 1. The summed E-state index contributed by atoms with van der Waals surface area (Å²) < 4.78 is 0. The van der Waals surface area contributed by atoms with Gasteiger partial charge in [-0.3, -0.25) is 4.79 Å². The number of aliphatic hydroxyl groups is 2. The first-order chi connectivity index (χ1) is 19.7. The lowest BCUT2D eigenvalue weighted by Crippen LogP contribution is -2.45. The lowest BCUT2D eigenvalue weighted by atomic mass is 10.1. The van der Waals surface area contributed by atoms with Crippen LogP contribution < -0.4 is 5.32 Å². The van der Waals surface area contributed by atoms with Gasteiger partial charge in [0.2, 0.25) is 5.91 Å². The molecule has 40 heavy (non-hydrogen) atoms. The minimum Gasteiger partial charge on any atom is -0.394 e. The second kappa shape index (κ2) is 31.9. The SMILES string of the molecule is CCCC/C=C\CCCCCCC(=O)NC(CO)C(O)/C=C/CC/C=C/CC/C=C/CCCCCCCCCC. The molecule has 0 aliphatic carbocycles. The van der Waals surface area contributed by atoms with Crippen molar-refractivity contribution in [3.05, 3.63) is 48.6 Å². The zero-order valence-electron chi connectivity index (χ0n) is 26.3. The maximum Gasteiger partial charge on any atom is 0.220 e. The normalized spacial score (nSPS) is 13.8. The molecule has 0 aromatic rings. The average molecular weight is 560 g/mol.